The molecule has 4 nitrogen and oxygen atoms in total. The molecule has 0 radical (unpaired) electrons. The van der Waals surface area contributed by atoms with E-state index in [1.54, 1.807) is 6.92 Å². The standard InChI is InChI=1S/C7H13N3OS/c1-3-6-9-7(12-10-6)8-4-5(2)11/h5,11H,3-4H2,1-2H3,(H,8,9,10)/t5-/m0/s1. The summed E-state index contributed by atoms with van der Waals surface area (Å²) < 4.78 is 4.10. The summed E-state index contributed by atoms with van der Waals surface area (Å²) in [5, 5.41) is 12.8. The van der Waals surface area contributed by atoms with Gasteiger partial charge in [0.15, 0.2) is 0 Å². The normalized spacial score (nSPS) is 12.9. The molecule has 0 unspecified atom stereocenters. The highest BCUT2D eigenvalue weighted by molar-refractivity contribution is 7.09. The lowest BCUT2D eigenvalue weighted by atomic mass is 10.4. The van der Waals surface area contributed by atoms with Crippen LogP contribution in [-0.2, 0) is 6.42 Å². The Morgan fingerprint density at radius 2 is 2.42 bits per heavy atom. The van der Waals surface area contributed by atoms with Crippen molar-refractivity contribution in [2.45, 2.75) is 26.4 Å². The van der Waals surface area contributed by atoms with Crippen LogP contribution in [0.5, 0.6) is 0 Å². The van der Waals surface area contributed by atoms with Gasteiger partial charge in [-0.2, -0.15) is 4.37 Å². The molecule has 0 aliphatic rings. The Morgan fingerprint density at radius 3 is 2.92 bits per heavy atom. The topological polar surface area (TPSA) is 58.0 Å². The van der Waals surface area contributed by atoms with Crippen LogP contribution in [0.4, 0.5) is 5.13 Å². The smallest absolute Gasteiger partial charge is 0.202 e. The summed E-state index contributed by atoms with van der Waals surface area (Å²) in [5.74, 6) is 0.855. The SMILES string of the molecule is CCc1nsc(NC[C@H](C)O)n1. The summed E-state index contributed by atoms with van der Waals surface area (Å²) in [6.07, 6.45) is 0.506. The van der Waals surface area contributed by atoms with Crippen molar-refractivity contribution in [3.63, 3.8) is 0 Å². The number of nitrogens with one attached hydrogen (secondary N) is 1. The first kappa shape index (κ1) is 9.41. The molecule has 0 fully saturated rings. The molecule has 1 rings (SSSR count). The summed E-state index contributed by atoms with van der Waals surface area (Å²) in [6, 6.07) is 0. The number of aliphatic hydroxyl groups excluding tert-OH is 1. The number of aromatic nitrogens is 2. The molecule has 0 saturated carbocycles. The van der Waals surface area contributed by atoms with E-state index in [9.17, 15) is 0 Å². The summed E-state index contributed by atoms with van der Waals surface area (Å²) in [7, 11) is 0. The summed E-state index contributed by atoms with van der Waals surface area (Å²) in [4.78, 5) is 4.19. The molecule has 0 aromatic carbocycles. The van der Waals surface area contributed by atoms with Crippen LogP contribution < -0.4 is 5.32 Å². The first-order chi connectivity index (χ1) is 5.72. The van der Waals surface area contributed by atoms with Crippen molar-refractivity contribution in [2.24, 2.45) is 0 Å². The molecular formula is C7H13N3OS. The van der Waals surface area contributed by atoms with E-state index in [-0.39, 0.29) is 6.10 Å². The molecular weight excluding hydrogens is 174 g/mol. The molecule has 12 heavy (non-hydrogen) atoms. The van der Waals surface area contributed by atoms with Crippen molar-refractivity contribution in [3.05, 3.63) is 5.82 Å². The number of aryl methyl sites for hydroxylation is 1. The number of rotatable bonds is 4. The fourth-order valence-electron chi connectivity index (χ4n) is 0.704. The average Bonchev–Trinajstić information content (AvgIpc) is 2.48. The maximum Gasteiger partial charge on any atom is 0.202 e. The molecule has 1 heterocycles. The summed E-state index contributed by atoms with van der Waals surface area (Å²) >= 11 is 1.33. The fourth-order valence-corrected chi connectivity index (χ4v) is 1.36. The Morgan fingerprint density at radius 1 is 1.67 bits per heavy atom. The second kappa shape index (κ2) is 4.37. The van der Waals surface area contributed by atoms with E-state index in [0.717, 1.165) is 17.4 Å². The van der Waals surface area contributed by atoms with Crippen molar-refractivity contribution < 1.29 is 5.11 Å². The van der Waals surface area contributed by atoms with Crippen molar-refractivity contribution in [1.82, 2.24) is 9.36 Å². The van der Waals surface area contributed by atoms with Crippen molar-refractivity contribution in [1.29, 1.82) is 0 Å². The molecule has 1 atom stereocenters. The van der Waals surface area contributed by atoms with E-state index in [4.69, 9.17) is 5.11 Å². The van der Waals surface area contributed by atoms with Crippen LogP contribution in [0.15, 0.2) is 0 Å². The molecule has 1 aromatic heterocycles. The van der Waals surface area contributed by atoms with Crippen LogP contribution in [0.1, 0.15) is 19.7 Å². The second-order valence-corrected chi connectivity index (χ2v) is 3.35. The van der Waals surface area contributed by atoms with Crippen molar-refractivity contribution in [2.75, 3.05) is 11.9 Å². The number of anilines is 1. The molecule has 0 spiro atoms. The zero-order valence-electron chi connectivity index (χ0n) is 7.24. The van der Waals surface area contributed by atoms with Gasteiger partial charge in [-0.05, 0) is 6.92 Å². The van der Waals surface area contributed by atoms with Gasteiger partial charge in [0.1, 0.15) is 5.82 Å². The Labute approximate surface area is 75.8 Å². The third-order valence-electron chi connectivity index (χ3n) is 1.33. The number of aliphatic hydroxyl groups is 1. The predicted octanol–water partition coefficient (Wildman–Crippen LogP) is 0.893. The van der Waals surface area contributed by atoms with Gasteiger partial charge < -0.3 is 10.4 Å². The lowest BCUT2D eigenvalue weighted by Gasteiger charge is -2.02. The quantitative estimate of drug-likeness (QED) is 0.735. The highest BCUT2D eigenvalue weighted by Crippen LogP contribution is 2.10. The predicted molar refractivity (Wildman–Crippen MR) is 49.5 cm³/mol. The van der Waals surface area contributed by atoms with Crippen LogP contribution in [-0.4, -0.2) is 27.1 Å². The number of hydrogen-bond acceptors (Lipinski definition) is 5. The van der Waals surface area contributed by atoms with Gasteiger partial charge in [0.2, 0.25) is 5.13 Å². The van der Waals surface area contributed by atoms with Gasteiger partial charge in [-0.15, -0.1) is 0 Å². The van der Waals surface area contributed by atoms with Crippen LogP contribution in [0, 0.1) is 0 Å². The molecule has 68 valence electrons. The molecule has 0 bridgehead atoms. The van der Waals surface area contributed by atoms with Gasteiger partial charge in [-0.25, -0.2) is 4.98 Å². The van der Waals surface area contributed by atoms with Crippen molar-refractivity contribution >= 4 is 16.7 Å². The molecule has 0 aliphatic heterocycles. The van der Waals surface area contributed by atoms with Crippen LogP contribution in [0.25, 0.3) is 0 Å². The largest absolute Gasteiger partial charge is 0.392 e. The maximum absolute atomic E-state index is 8.97. The number of hydrogen-bond donors (Lipinski definition) is 2. The molecule has 0 amide bonds. The fraction of sp³-hybridized carbons (Fsp3) is 0.714. The Balaban J connectivity index is 2.41. The highest BCUT2D eigenvalue weighted by Gasteiger charge is 2.01. The molecule has 0 aliphatic carbocycles. The number of nitrogens with zero attached hydrogens (tertiary/aromatic N) is 2. The van der Waals surface area contributed by atoms with E-state index in [1.165, 1.54) is 11.5 Å². The van der Waals surface area contributed by atoms with Crippen molar-refractivity contribution in [3.8, 4) is 0 Å². The second-order valence-electron chi connectivity index (χ2n) is 2.60. The van der Waals surface area contributed by atoms with Gasteiger partial charge in [-0.3, -0.25) is 0 Å². The Kier molecular flexibility index (Phi) is 3.43. The lowest BCUT2D eigenvalue weighted by Crippen LogP contribution is -2.15. The lowest BCUT2D eigenvalue weighted by molar-refractivity contribution is 0.208. The minimum Gasteiger partial charge on any atom is -0.392 e. The highest BCUT2D eigenvalue weighted by atomic mass is 32.1. The van der Waals surface area contributed by atoms with Crippen LogP contribution >= 0.6 is 11.5 Å². The van der Waals surface area contributed by atoms with Crippen LogP contribution in [0.3, 0.4) is 0 Å². The third-order valence-corrected chi connectivity index (χ3v) is 2.04. The van der Waals surface area contributed by atoms with Gasteiger partial charge in [0.05, 0.1) is 6.10 Å². The maximum atomic E-state index is 8.97. The summed E-state index contributed by atoms with van der Waals surface area (Å²) in [6.45, 7) is 4.27. The first-order valence-electron chi connectivity index (χ1n) is 3.97. The first-order valence-corrected chi connectivity index (χ1v) is 4.74. The monoisotopic (exact) mass is 187 g/mol. The zero-order valence-corrected chi connectivity index (χ0v) is 8.06. The van der Waals surface area contributed by atoms with Gasteiger partial charge in [-0.1, -0.05) is 6.92 Å². The molecule has 5 heteroatoms. The van der Waals surface area contributed by atoms with Crippen LogP contribution in [0.2, 0.25) is 0 Å². The zero-order chi connectivity index (χ0) is 8.97. The van der Waals surface area contributed by atoms with E-state index in [0.29, 0.717) is 6.54 Å². The Bertz CT molecular complexity index is 236. The van der Waals surface area contributed by atoms with Gasteiger partial charge in [0.25, 0.3) is 0 Å². The molecule has 1 aromatic rings. The summed E-state index contributed by atoms with van der Waals surface area (Å²) in [5.41, 5.74) is 0. The van der Waals surface area contributed by atoms with Gasteiger partial charge >= 0.3 is 0 Å². The molecule has 0 saturated heterocycles. The van der Waals surface area contributed by atoms with Gasteiger partial charge in [0, 0.05) is 24.5 Å². The van der Waals surface area contributed by atoms with E-state index < -0.39 is 0 Å². The average molecular weight is 187 g/mol. The minimum atomic E-state index is -0.348. The Hall–Kier alpha value is -0.680. The molecule has 2 N–H and O–H groups in total. The van der Waals surface area contributed by atoms with E-state index >= 15 is 0 Å². The third kappa shape index (κ3) is 2.75. The van der Waals surface area contributed by atoms with E-state index in [2.05, 4.69) is 14.7 Å². The minimum absolute atomic E-state index is 0.348. The van der Waals surface area contributed by atoms with E-state index in [1.807, 2.05) is 6.92 Å².